The van der Waals surface area contributed by atoms with E-state index in [4.69, 9.17) is 0 Å². The van der Waals surface area contributed by atoms with Crippen molar-refractivity contribution in [3.63, 3.8) is 0 Å². The number of benzene rings is 1. The summed E-state index contributed by atoms with van der Waals surface area (Å²) in [6.07, 6.45) is 1.74. The third-order valence-electron chi connectivity index (χ3n) is 2.16. The Hall–Kier alpha value is -1.22. The Morgan fingerprint density at radius 3 is 2.47 bits per heavy atom. The van der Waals surface area contributed by atoms with Crippen LogP contribution in [0.2, 0.25) is 0 Å². The molecule has 2 aromatic rings. The molecule has 2 rings (SSSR count). The van der Waals surface area contributed by atoms with Gasteiger partial charge in [-0.1, -0.05) is 0 Å². The number of hydrogen-bond donors (Lipinski definition) is 0. The second-order valence-electron chi connectivity index (χ2n) is 3.33. The second-order valence-corrected chi connectivity index (χ2v) is 4.24. The Labute approximate surface area is 96.1 Å². The van der Waals surface area contributed by atoms with Gasteiger partial charge in [0.1, 0.15) is 5.82 Å². The van der Waals surface area contributed by atoms with Crippen molar-refractivity contribution in [3.8, 4) is 11.3 Å². The van der Waals surface area contributed by atoms with E-state index >= 15 is 0 Å². The third kappa shape index (κ3) is 2.23. The van der Waals surface area contributed by atoms with Gasteiger partial charge in [-0.15, -0.1) is 0 Å². The molecule has 0 atom stereocenters. The molecule has 76 valence electrons. The van der Waals surface area contributed by atoms with Crippen molar-refractivity contribution in [2.24, 2.45) is 0 Å². The standard InChI is InChI=1S/C12H9BrFN/c1-8-6-10(13)7-15-12(8)9-2-4-11(14)5-3-9/h2-7H,1H3. The number of aryl methyl sites for hydroxylation is 1. The molecule has 1 heterocycles. The SMILES string of the molecule is Cc1cc(Br)cnc1-c1ccc(F)cc1. The van der Waals surface area contributed by atoms with Crippen LogP contribution in [0.5, 0.6) is 0 Å². The molecule has 0 radical (unpaired) electrons. The number of nitrogens with zero attached hydrogens (tertiary/aromatic N) is 1. The highest BCUT2D eigenvalue weighted by atomic mass is 79.9. The second kappa shape index (κ2) is 4.11. The summed E-state index contributed by atoms with van der Waals surface area (Å²) in [6, 6.07) is 8.35. The molecule has 0 saturated heterocycles. The molecule has 0 bridgehead atoms. The summed E-state index contributed by atoms with van der Waals surface area (Å²) in [4.78, 5) is 4.31. The minimum Gasteiger partial charge on any atom is -0.255 e. The van der Waals surface area contributed by atoms with Gasteiger partial charge in [0.2, 0.25) is 0 Å². The fraction of sp³-hybridized carbons (Fsp3) is 0.0833. The van der Waals surface area contributed by atoms with Crippen LogP contribution >= 0.6 is 15.9 Å². The van der Waals surface area contributed by atoms with Gasteiger partial charge in [-0.3, -0.25) is 4.98 Å². The Morgan fingerprint density at radius 1 is 1.20 bits per heavy atom. The van der Waals surface area contributed by atoms with E-state index in [0.717, 1.165) is 21.3 Å². The summed E-state index contributed by atoms with van der Waals surface area (Å²) in [7, 11) is 0. The van der Waals surface area contributed by atoms with Crippen molar-refractivity contribution in [3.05, 3.63) is 52.4 Å². The van der Waals surface area contributed by atoms with E-state index in [9.17, 15) is 4.39 Å². The largest absolute Gasteiger partial charge is 0.255 e. The molecule has 0 N–H and O–H groups in total. The molecule has 0 spiro atoms. The fourth-order valence-electron chi connectivity index (χ4n) is 1.45. The van der Waals surface area contributed by atoms with Gasteiger partial charge in [-0.2, -0.15) is 0 Å². The maximum atomic E-state index is 12.7. The molecule has 0 fully saturated rings. The van der Waals surface area contributed by atoms with E-state index in [1.165, 1.54) is 12.1 Å². The van der Waals surface area contributed by atoms with Gasteiger partial charge < -0.3 is 0 Å². The van der Waals surface area contributed by atoms with E-state index in [1.54, 1.807) is 18.3 Å². The van der Waals surface area contributed by atoms with Crippen molar-refractivity contribution in [1.82, 2.24) is 4.98 Å². The maximum Gasteiger partial charge on any atom is 0.123 e. The van der Waals surface area contributed by atoms with Crippen molar-refractivity contribution < 1.29 is 4.39 Å². The molecule has 0 saturated carbocycles. The molecular weight excluding hydrogens is 257 g/mol. The van der Waals surface area contributed by atoms with Crippen LogP contribution in [0.25, 0.3) is 11.3 Å². The average molecular weight is 266 g/mol. The van der Waals surface area contributed by atoms with Gasteiger partial charge in [0, 0.05) is 16.2 Å². The van der Waals surface area contributed by atoms with Crippen LogP contribution in [0.1, 0.15) is 5.56 Å². The lowest BCUT2D eigenvalue weighted by Gasteiger charge is -2.04. The third-order valence-corrected chi connectivity index (χ3v) is 2.60. The van der Waals surface area contributed by atoms with Crippen LogP contribution in [0.4, 0.5) is 4.39 Å². The Bertz CT molecular complexity index is 479. The van der Waals surface area contributed by atoms with Gasteiger partial charge in [0.25, 0.3) is 0 Å². The lowest BCUT2D eigenvalue weighted by molar-refractivity contribution is 0.628. The van der Waals surface area contributed by atoms with E-state index in [1.807, 2.05) is 13.0 Å². The first-order chi connectivity index (χ1) is 7.16. The van der Waals surface area contributed by atoms with Gasteiger partial charge in [-0.05, 0) is 58.7 Å². The van der Waals surface area contributed by atoms with Crippen LogP contribution < -0.4 is 0 Å². The molecule has 0 amide bonds. The van der Waals surface area contributed by atoms with Crippen molar-refractivity contribution in [2.45, 2.75) is 6.92 Å². The highest BCUT2D eigenvalue weighted by Crippen LogP contribution is 2.23. The Kier molecular flexibility index (Phi) is 2.82. The van der Waals surface area contributed by atoms with Crippen LogP contribution in [0, 0.1) is 12.7 Å². The summed E-state index contributed by atoms with van der Waals surface area (Å²) in [5, 5.41) is 0. The molecular formula is C12H9BrFN. The van der Waals surface area contributed by atoms with Gasteiger partial charge in [-0.25, -0.2) is 4.39 Å². The average Bonchev–Trinajstić information content (AvgIpc) is 2.20. The zero-order valence-electron chi connectivity index (χ0n) is 8.17. The first kappa shape index (κ1) is 10.3. The smallest absolute Gasteiger partial charge is 0.123 e. The molecule has 0 unspecified atom stereocenters. The predicted molar refractivity (Wildman–Crippen MR) is 62.1 cm³/mol. The number of halogens is 2. The maximum absolute atomic E-state index is 12.7. The Balaban J connectivity index is 2.49. The lowest BCUT2D eigenvalue weighted by Crippen LogP contribution is -1.88. The molecule has 15 heavy (non-hydrogen) atoms. The van der Waals surface area contributed by atoms with Gasteiger partial charge >= 0.3 is 0 Å². The van der Waals surface area contributed by atoms with E-state index in [-0.39, 0.29) is 5.82 Å². The molecule has 1 aromatic heterocycles. The summed E-state index contributed by atoms with van der Waals surface area (Å²) >= 11 is 3.36. The lowest BCUT2D eigenvalue weighted by atomic mass is 10.1. The summed E-state index contributed by atoms with van der Waals surface area (Å²) in [5.41, 5.74) is 2.88. The topological polar surface area (TPSA) is 12.9 Å². The number of aromatic nitrogens is 1. The summed E-state index contributed by atoms with van der Waals surface area (Å²) in [5.74, 6) is -0.228. The molecule has 1 nitrogen and oxygen atoms in total. The van der Waals surface area contributed by atoms with Crippen molar-refractivity contribution in [2.75, 3.05) is 0 Å². The van der Waals surface area contributed by atoms with Crippen molar-refractivity contribution in [1.29, 1.82) is 0 Å². The zero-order valence-corrected chi connectivity index (χ0v) is 9.75. The Morgan fingerprint density at radius 2 is 1.87 bits per heavy atom. The fourth-order valence-corrected chi connectivity index (χ4v) is 1.90. The molecule has 3 heteroatoms. The normalized spacial score (nSPS) is 10.3. The summed E-state index contributed by atoms with van der Waals surface area (Å²) in [6.45, 7) is 1.98. The first-order valence-electron chi connectivity index (χ1n) is 4.55. The zero-order chi connectivity index (χ0) is 10.8. The minimum absolute atomic E-state index is 0.228. The number of rotatable bonds is 1. The monoisotopic (exact) mass is 265 g/mol. The highest BCUT2D eigenvalue weighted by Gasteiger charge is 2.03. The van der Waals surface area contributed by atoms with Crippen molar-refractivity contribution >= 4 is 15.9 Å². The number of pyridine rings is 1. The van der Waals surface area contributed by atoms with Crippen LogP contribution in [0.3, 0.4) is 0 Å². The highest BCUT2D eigenvalue weighted by molar-refractivity contribution is 9.10. The summed E-state index contributed by atoms with van der Waals surface area (Å²) < 4.78 is 13.7. The first-order valence-corrected chi connectivity index (χ1v) is 5.34. The predicted octanol–water partition coefficient (Wildman–Crippen LogP) is 3.96. The van der Waals surface area contributed by atoms with E-state index in [0.29, 0.717) is 0 Å². The van der Waals surface area contributed by atoms with Crippen LogP contribution in [0.15, 0.2) is 41.0 Å². The van der Waals surface area contributed by atoms with Crippen LogP contribution in [-0.4, -0.2) is 4.98 Å². The molecule has 0 aliphatic carbocycles. The minimum atomic E-state index is -0.228. The van der Waals surface area contributed by atoms with E-state index in [2.05, 4.69) is 20.9 Å². The quantitative estimate of drug-likeness (QED) is 0.761. The molecule has 0 aliphatic heterocycles. The molecule has 0 aliphatic rings. The molecule has 1 aromatic carbocycles. The van der Waals surface area contributed by atoms with Gasteiger partial charge in [0.05, 0.1) is 5.69 Å². The van der Waals surface area contributed by atoms with Crippen LogP contribution in [-0.2, 0) is 0 Å². The van der Waals surface area contributed by atoms with E-state index < -0.39 is 0 Å². The van der Waals surface area contributed by atoms with Gasteiger partial charge in [0.15, 0.2) is 0 Å². The number of hydrogen-bond acceptors (Lipinski definition) is 1.